The molecule has 90 valence electrons. The fraction of sp³-hybridized carbons (Fsp3) is 0.308. The summed E-state index contributed by atoms with van der Waals surface area (Å²) < 4.78 is 0. The first-order valence-electron chi connectivity index (χ1n) is 5.54. The van der Waals surface area contributed by atoms with E-state index in [1.165, 1.54) is 0 Å². The summed E-state index contributed by atoms with van der Waals surface area (Å²) >= 11 is 0. The van der Waals surface area contributed by atoms with E-state index < -0.39 is 12.2 Å². The van der Waals surface area contributed by atoms with Crippen LogP contribution >= 0.6 is 0 Å². The van der Waals surface area contributed by atoms with Gasteiger partial charge in [-0.2, -0.15) is 0 Å². The number of aliphatic hydroxyl groups is 3. The van der Waals surface area contributed by atoms with Crippen LogP contribution in [0.25, 0.3) is 10.9 Å². The summed E-state index contributed by atoms with van der Waals surface area (Å²) in [6.07, 6.45) is -0.288. The molecule has 1 aromatic carbocycles. The van der Waals surface area contributed by atoms with Gasteiger partial charge in [-0.15, -0.1) is 0 Å². The van der Waals surface area contributed by atoms with Gasteiger partial charge in [-0.05, 0) is 18.6 Å². The molecule has 1 aromatic heterocycles. The average molecular weight is 233 g/mol. The second-order valence-corrected chi connectivity index (χ2v) is 3.99. The van der Waals surface area contributed by atoms with Gasteiger partial charge in [0, 0.05) is 23.8 Å². The lowest BCUT2D eigenvalue weighted by atomic mass is 10.0. The molecule has 2 atom stereocenters. The van der Waals surface area contributed by atoms with Crippen LogP contribution in [-0.2, 0) is 0 Å². The van der Waals surface area contributed by atoms with E-state index >= 15 is 0 Å². The van der Waals surface area contributed by atoms with Gasteiger partial charge in [0.15, 0.2) is 0 Å². The summed E-state index contributed by atoms with van der Waals surface area (Å²) in [4.78, 5) is 4.21. The third kappa shape index (κ3) is 2.61. The second-order valence-electron chi connectivity index (χ2n) is 3.99. The number of pyridine rings is 1. The van der Waals surface area contributed by atoms with E-state index in [9.17, 15) is 10.2 Å². The quantitative estimate of drug-likeness (QED) is 0.737. The van der Waals surface area contributed by atoms with Crippen LogP contribution in [0.2, 0.25) is 0 Å². The van der Waals surface area contributed by atoms with Gasteiger partial charge in [-0.1, -0.05) is 18.2 Å². The maximum absolute atomic E-state index is 9.88. The van der Waals surface area contributed by atoms with E-state index in [0.29, 0.717) is 5.56 Å². The van der Waals surface area contributed by atoms with Crippen molar-refractivity contribution in [3.05, 3.63) is 42.1 Å². The number of para-hydroxylation sites is 1. The maximum Gasteiger partial charge on any atom is 0.106 e. The van der Waals surface area contributed by atoms with Crippen molar-refractivity contribution in [1.82, 2.24) is 4.98 Å². The molecule has 0 radical (unpaired) electrons. The first kappa shape index (κ1) is 12.0. The van der Waals surface area contributed by atoms with Crippen molar-refractivity contribution in [2.45, 2.75) is 18.6 Å². The monoisotopic (exact) mass is 233 g/mol. The Morgan fingerprint density at radius 3 is 2.71 bits per heavy atom. The zero-order chi connectivity index (χ0) is 12.3. The summed E-state index contributed by atoms with van der Waals surface area (Å²) in [5, 5.41) is 29.1. The van der Waals surface area contributed by atoms with Gasteiger partial charge < -0.3 is 15.3 Å². The second kappa shape index (κ2) is 5.23. The zero-order valence-electron chi connectivity index (χ0n) is 9.32. The number of rotatable bonds is 4. The molecule has 0 saturated heterocycles. The maximum atomic E-state index is 9.88. The minimum atomic E-state index is -1.01. The zero-order valence-corrected chi connectivity index (χ0v) is 9.32. The number of aromatic nitrogens is 1. The summed E-state index contributed by atoms with van der Waals surface area (Å²) in [7, 11) is 0. The van der Waals surface area contributed by atoms with Gasteiger partial charge in [0.2, 0.25) is 0 Å². The smallest absolute Gasteiger partial charge is 0.106 e. The van der Waals surface area contributed by atoms with Crippen LogP contribution < -0.4 is 0 Å². The fourth-order valence-corrected chi connectivity index (χ4v) is 1.76. The van der Waals surface area contributed by atoms with E-state index in [4.69, 9.17) is 5.11 Å². The average Bonchev–Trinajstić information content (AvgIpc) is 2.37. The largest absolute Gasteiger partial charge is 0.396 e. The Labute approximate surface area is 99.2 Å². The number of aliphatic hydroxyl groups excluding tert-OH is 3. The fourth-order valence-electron chi connectivity index (χ4n) is 1.76. The molecule has 0 fully saturated rings. The topological polar surface area (TPSA) is 73.6 Å². The lowest BCUT2D eigenvalue weighted by Gasteiger charge is -2.17. The highest BCUT2D eigenvalue weighted by Gasteiger charge is 2.18. The molecule has 3 N–H and O–H groups in total. The molecule has 2 unspecified atom stereocenters. The Balaban J connectivity index is 2.29. The Kier molecular flexibility index (Phi) is 3.68. The van der Waals surface area contributed by atoms with E-state index in [0.717, 1.165) is 10.9 Å². The highest BCUT2D eigenvalue weighted by atomic mass is 16.3. The van der Waals surface area contributed by atoms with Crippen molar-refractivity contribution in [3.63, 3.8) is 0 Å². The Bertz CT molecular complexity index is 501. The molecule has 0 bridgehead atoms. The Morgan fingerprint density at radius 1 is 1.18 bits per heavy atom. The molecular weight excluding hydrogens is 218 g/mol. The van der Waals surface area contributed by atoms with E-state index in [2.05, 4.69) is 4.98 Å². The molecule has 0 aliphatic carbocycles. The van der Waals surface area contributed by atoms with E-state index in [1.54, 1.807) is 12.3 Å². The third-order valence-corrected chi connectivity index (χ3v) is 2.74. The highest BCUT2D eigenvalue weighted by molar-refractivity contribution is 5.78. The van der Waals surface area contributed by atoms with Gasteiger partial charge in [-0.3, -0.25) is 4.98 Å². The van der Waals surface area contributed by atoms with Gasteiger partial charge >= 0.3 is 0 Å². The molecule has 0 spiro atoms. The number of hydrogen-bond donors (Lipinski definition) is 3. The molecule has 4 heteroatoms. The normalized spacial score (nSPS) is 14.8. The standard InChI is InChI=1S/C13H15NO3/c15-6-5-12(16)13(17)10-7-9-3-1-2-4-11(9)14-8-10/h1-4,7-8,12-13,15-17H,5-6H2. The first-order valence-corrected chi connectivity index (χ1v) is 5.54. The molecule has 1 heterocycles. The molecule has 0 amide bonds. The molecule has 17 heavy (non-hydrogen) atoms. The molecule has 4 nitrogen and oxygen atoms in total. The van der Waals surface area contributed by atoms with Crippen LogP contribution in [0.15, 0.2) is 36.5 Å². The van der Waals surface area contributed by atoms with E-state index in [1.807, 2.05) is 24.3 Å². The van der Waals surface area contributed by atoms with Gasteiger partial charge in [0.25, 0.3) is 0 Å². The van der Waals surface area contributed by atoms with Crippen molar-refractivity contribution in [3.8, 4) is 0 Å². The summed E-state index contributed by atoms with van der Waals surface area (Å²) in [5.41, 5.74) is 1.41. The molecule has 0 aliphatic rings. The number of benzene rings is 1. The minimum Gasteiger partial charge on any atom is -0.396 e. The van der Waals surface area contributed by atoms with Crippen molar-refractivity contribution < 1.29 is 15.3 Å². The Hall–Kier alpha value is -1.49. The van der Waals surface area contributed by atoms with Gasteiger partial charge in [0.1, 0.15) is 6.10 Å². The van der Waals surface area contributed by atoms with Crippen molar-refractivity contribution in [2.24, 2.45) is 0 Å². The van der Waals surface area contributed by atoms with Gasteiger partial charge in [-0.25, -0.2) is 0 Å². The molecular formula is C13H15NO3. The van der Waals surface area contributed by atoms with Crippen LogP contribution in [-0.4, -0.2) is 33.0 Å². The molecule has 0 aliphatic heterocycles. The number of nitrogens with zero attached hydrogens (tertiary/aromatic N) is 1. The van der Waals surface area contributed by atoms with Crippen molar-refractivity contribution in [2.75, 3.05) is 6.61 Å². The SMILES string of the molecule is OCCC(O)C(O)c1cnc2ccccc2c1. The van der Waals surface area contributed by atoms with Crippen LogP contribution in [0.5, 0.6) is 0 Å². The molecule has 2 rings (SSSR count). The van der Waals surface area contributed by atoms with Crippen molar-refractivity contribution in [1.29, 1.82) is 0 Å². The summed E-state index contributed by atoms with van der Waals surface area (Å²) in [6.45, 7) is -0.154. The molecule has 2 aromatic rings. The van der Waals surface area contributed by atoms with Crippen LogP contribution in [0.3, 0.4) is 0 Å². The Morgan fingerprint density at radius 2 is 1.94 bits per heavy atom. The minimum absolute atomic E-state index is 0.147. The summed E-state index contributed by atoms with van der Waals surface area (Å²) in [5.74, 6) is 0. The summed E-state index contributed by atoms with van der Waals surface area (Å²) in [6, 6.07) is 9.37. The number of fused-ring (bicyclic) bond motifs is 1. The number of hydrogen-bond acceptors (Lipinski definition) is 4. The predicted molar refractivity (Wildman–Crippen MR) is 64.4 cm³/mol. The lowest BCUT2D eigenvalue weighted by molar-refractivity contribution is 0.00412. The lowest BCUT2D eigenvalue weighted by Crippen LogP contribution is -2.19. The van der Waals surface area contributed by atoms with Crippen LogP contribution in [0.4, 0.5) is 0 Å². The third-order valence-electron chi connectivity index (χ3n) is 2.74. The van der Waals surface area contributed by atoms with Crippen molar-refractivity contribution >= 4 is 10.9 Å². The highest BCUT2D eigenvalue weighted by Crippen LogP contribution is 2.21. The van der Waals surface area contributed by atoms with Crippen LogP contribution in [0, 0.1) is 0 Å². The van der Waals surface area contributed by atoms with Crippen LogP contribution in [0.1, 0.15) is 18.1 Å². The predicted octanol–water partition coefficient (Wildman–Crippen LogP) is 1.01. The molecule has 0 saturated carbocycles. The first-order chi connectivity index (χ1) is 8.22. The van der Waals surface area contributed by atoms with Gasteiger partial charge in [0.05, 0.1) is 11.6 Å². The van der Waals surface area contributed by atoms with E-state index in [-0.39, 0.29) is 13.0 Å².